The smallest absolute Gasteiger partial charge is 0.341 e. The van der Waals surface area contributed by atoms with Crippen LogP contribution in [0.15, 0.2) is 63.9 Å². The second kappa shape index (κ2) is 10.3. The molecule has 1 N–H and O–H groups in total. The van der Waals surface area contributed by atoms with Crippen molar-refractivity contribution in [2.45, 2.75) is 43.8 Å². The number of rotatable bonds is 7. The Labute approximate surface area is 235 Å². The van der Waals surface area contributed by atoms with Crippen molar-refractivity contribution in [1.82, 2.24) is 9.55 Å². The minimum atomic E-state index is -1.26. The van der Waals surface area contributed by atoms with Crippen LogP contribution in [0.25, 0.3) is 28.0 Å². The Bertz CT molecular complexity index is 1630. The normalized spacial score (nSPS) is 21.1. The van der Waals surface area contributed by atoms with Gasteiger partial charge in [-0.25, -0.2) is 4.79 Å². The zero-order valence-corrected chi connectivity index (χ0v) is 25.1. The Morgan fingerprint density at radius 3 is 2.62 bits per heavy atom. The van der Waals surface area contributed by atoms with Crippen molar-refractivity contribution in [1.29, 1.82) is 0 Å². The lowest BCUT2D eigenvalue weighted by Crippen LogP contribution is -2.41. The fourth-order valence-electron chi connectivity index (χ4n) is 6.16. The third-order valence-corrected chi connectivity index (χ3v) is 9.32. The number of fused-ring (bicyclic) bond motifs is 1. The summed E-state index contributed by atoms with van der Waals surface area (Å²) in [6, 6.07) is 16.0. The van der Waals surface area contributed by atoms with Gasteiger partial charge in [-0.05, 0) is 62.4 Å². The highest BCUT2D eigenvalue weighted by Crippen LogP contribution is 2.34. The lowest BCUT2D eigenvalue weighted by atomic mass is 10.1. The summed E-state index contributed by atoms with van der Waals surface area (Å²) in [7, 11) is 2.78. The summed E-state index contributed by atoms with van der Waals surface area (Å²) in [6.45, 7) is 4.82. The number of carboxylic acid groups (broad SMARTS) is 1. The predicted molar refractivity (Wildman–Crippen MR) is 159 cm³/mol. The van der Waals surface area contributed by atoms with E-state index in [0.29, 0.717) is 35.1 Å². The number of hydrogen-bond acceptors (Lipinski definition) is 7. The van der Waals surface area contributed by atoms with Crippen LogP contribution >= 0.6 is 0 Å². The lowest BCUT2D eigenvalue weighted by Gasteiger charge is -2.34. The zero-order valence-electron chi connectivity index (χ0n) is 23.1. The van der Waals surface area contributed by atoms with Crippen LogP contribution in [0.3, 0.4) is 0 Å². The second-order valence-electron chi connectivity index (χ2n) is 11.3. The molecule has 0 unspecified atom stereocenters. The summed E-state index contributed by atoms with van der Waals surface area (Å²) in [4.78, 5) is 34.0. The number of carbonyl (C=O) groups is 1. The molecule has 40 heavy (non-hydrogen) atoms. The average Bonchev–Trinajstić information content (AvgIpc) is 3.66. The Morgan fingerprint density at radius 2 is 1.93 bits per heavy atom. The van der Waals surface area contributed by atoms with Crippen LogP contribution in [0, 0.1) is 0 Å². The number of ether oxygens (including phenoxy) is 1. The molecule has 6 rings (SSSR count). The number of oxazole rings is 1. The number of aromatic nitrogens is 2. The molecule has 0 radical (unpaired) electrons. The molecule has 2 atom stereocenters. The van der Waals surface area contributed by atoms with Crippen LogP contribution < -0.4 is 15.2 Å². The van der Waals surface area contributed by atoms with Gasteiger partial charge in [-0.3, -0.25) is 4.79 Å². The van der Waals surface area contributed by atoms with E-state index in [1.807, 2.05) is 30.3 Å². The number of benzene rings is 2. The Balaban J connectivity index is 1.41. The van der Waals surface area contributed by atoms with Gasteiger partial charge in [-0.2, -0.15) is 4.98 Å². The minimum Gasteiger partial charge on any atom is -0.477 e. The van der Waals surface area contributed by atoms with Crippen molar-refractivity contribution in [3.63, 3.8) is 0 Å². The molecule has 2 aliphatic rings. The lowest BCUT2D eigenvalue weighted by molar-refractivity contribution is 0.0695. The van der Waals surface area contributed by atoms with E-state index in [-0.39, 0.29) is 16.8 Å². The molecule has 2 aliphatic heterocycles. The van der Waals surface area contributed by atoms with Crippen molar-refractivity contribution in [2.24, 2.45) is 0 Å². The van der Waals surface area contributed by atoms with Gasteiger partial charge in [0, 0.05) is 65.3 Å². The van der Waals surface area contributed by atoms with Gasteiger partial charge in [0.05, 0.1) is 18.3 Å². The number of nitrogens with zero attached hydrogens (tertiary/aromatic N) is 4. The second-order valence-corrected chi connectivity index (χ2v) is 13.5. The number of carboxylic acids is 1. The van der Waals surface area contributed by atoms with Crippen LogP contribution in [0.2, 0.25) is 0 Å². The van der Waals surface area contributed by atoms with Crippen LogP contribution in [-0.2, 0) is 4.74 Å². The number of aromatic carboxylic acids is 1. The van der Waals surface area contributed by atoms with E-state index in [1.165, 1.54) is 30.8 Å². The first-order valence-electron chi connectivity index (χ1n) is 13.8. The topological polar surface area (TPSA) is 101 Å². The summed E-state index contributed by atoms with van der Waals surface area (Å²) >= 11 is 0. The predicted octanol–water partition coefficient (Wildman–Crippen LogP) is 3.64. The third-order valence-electron chi connectivity index (χ3n) is 8.28. The van der Waals surface area contributed by atoms with Crippen LogP contribution in [-0.4, -0.2) is 68.9 Å². The van der Waals surface area contributed by atoms with Crippen molar-refractivity contribution in [3.8, 4) is 16.9 Å². The zero-order chi connectivity index (χ0) is 28.0. The van der Waals surface area contributed by atoms with E-state index in [0.717, 1.165) is 41.7 Å². The van der Waals surface area contributed by atoms with Gasteiger partial charge in [-0.15, -0.1) is 0 Å². The van der Waals surface area contributed by atoms with Gasteiger partial charge in [0.25, 0.3) is 6.01 Å². The molecular formula is C30H34N4O5Si. The summed E-state index contributed by atoms with van der Waals surface area (Å²) in [5, 5.41) is 9.94. The molecule has 2 fully saturated rings. The molecule has 10 heteroatoms. The molecular weight excluding hydrogens is 524 g/mol. The highest BCUT2D eigenvalue weighted by Gasteiger charge is 2.32. The maximum absolute atomic E-state index is 12.8. The first-order chi connectivity index (χ1) is 19.2. The first kappa shape index (κ1) is 26.3. The molecule has 4 aromatic rings. The third kappa shape index (κ3) is 4.71. The molecule has 0 saturated carbocycles. The average molecular weight is 559 g/mol. The molecule has 0 bridgehead atoms. The van der Waals surface area contributed by atoms with E-state index in [4.69, 9.17) is 14.1 Å². The van der Waals surface area contributed by atoms with Crippen LogP contribution in [0.1, 0.15) is 43.0 Å². The van der Waals surface area contributed by atoms with Gasteiger partial charge in [0.1, 0.15) is 11.1 Å². The summed E-state index contributed by atoms with van der Waals surface area (Å²) in [5.74, 6) is -1.26. The number of methoxy groups -OCH3 is 1. The van der Waals surface area contributed by atoms with E-state index in [2.05, 4.69) is 28.9 Å². The fourth-order valence-corrected chi connectivity index (χ4v) is 6.99. The highest BCUT2D eigenvalue weighted by atomic mass is 28.1. The van der Waals surface area contributed by atoms with E-state index in [1.54, 1.807) is 11.7 Å². The molecule has 9 nitrogen and oxygen atoms in total. The molecule has 208 valence electrons. The highest BCUT2D eigenvalue weighted by molar-refractivity contribution is 6.17. The van der Waals surface area contributed by atoms with Crippen LogP contribution in [0.4, 0.5) is 11.7 Å². The van der Waals surface area contributed by atoms with Gasteiger partial charge < -0.3 is 28.6 Å². The Morgan fingerprint density at radius 1 is 1.15 bits per heavy atom. The van der Waals surface area contributed by atoms with E-state index >= 15 is 0 Å². The molecule has 0 spiro atoms. The standard InChI is InChI=1S/C30H34N4O5Si/c1-30(40)12-4-14-34(30)20-8-6-19(7-9-20)25-16-26(35)23(28(36)37)17-33(25)21-10-11-24-27(15-21)39-29(31-24)32-13-3-5-22(32)18-38-2/h6-11,15-17,22H,3-5,12-14,18H2,1-2,40H3,(H,36,37)/t22-,30-/m1/s1. The summed E-state index contributed by atoms with van der Waals surface area (Å²) < 4.78 is 13.3. The molecule has 2 aromatic heterocycles. The summed E-state index contributed by atoms with van der Waals surface area (Å²) in [5.41, 5.74) is 3.76. The Hall–Kier alpha value is -3.89. The van der Waals surface area contributed by atoms with Gasteiger partial charge in [0.2, 0.25) is 0 Å². The van der Waals surface area contributed by atoms with Gasteiger partial charge in [0.15, 0.2) is 11.0 Å². The molecule has 4 heterocycles. The molecule has 2 saturated heterocycles. The minimum absolute atomic E-state index is 0.220. The van der Waals surface area contributed by atoms with Gasteiger partial charge in [-0.1, -0.05) is 12.1 Å². The SMILES string of the molecule is COC[C@H]1CCCN1c1nc2ccc(-n3cc(C(=O)O)c(=O)cc3-c3ccc(N4CCC[C@@]4(C)[SiH3])cc3)cc2o1. The van der Waals surface area contributed by atoms with Crippen molar-refractivity contribution in [2.75, 3.05) is 36.6 Å². The van der Waals surface area contributed by atoms with Crippen molar-refractivity contribution >= 4 is 39.0 Å². The maximum Gasteiger partial charge on any atom is 0.341 e. The quantitative estimate of drug-likeness (QED) is 0.343. The summed E-state index contributed by atoms with van der Waals surface area (Å²) in [6.07, 6.45) is 5.86. The molecule has 0 aliphatic carbocycles. The molecule has 2 aromatic carbocycles. The monoisotopic (exact) mass is 558 g/mol. The first-order valence-corrected chi connectivity index (χ1v) is 14.8. The number of hydrogen-bond donors (Lipinski definition) is 1. The van der Waals surface area contributed by atoms with Crippen molar-refractivity contribution in [3.05, 3.63) is 70.5 Å². The van der Waals surface area contributed by atoms with Crippen molar-refractivity contribution < 1.29 is 19.1 Å². The number of anilines is 2. The van der Waals surface area contributed by atoms with E-state index in [9.17, 15) is 14.7 Å². The van der Waals surface area contributed by atoms with E-state index < -0.39 is 11.4 Å². The Kier molecular flexibility index (Phi) is 6.75. The largest absolute Gasteiger partial charge is 0.477 e. The van der Waals surface area contributed by atoms with Crippen LogP contribution in [0.5, 0.6) is 0 Å². The maximum atomic E-state index is 12.8. The number of pyridine rings is 1. The molecule has 0 amide bonds. The van der Waals surface area contributed by atoms with Gasteiger partial charge >= 0.3 is 5.97 Å². The fraction of sp³-hybridized carbons (Fsp3) is 0.367.